The Hall–Kier alpha value is -4.06. The summed E-state index contributed by atoms with van der Waals surface area (Å²) in [5, 5.41) is 4.18. The molecule has 2 atom stereocenters. The zero-order valence-corrected chi connectivity index (χ0v) is 17.2. The second-order valence-electron chi connectivity index (χ2n) is 7.95. The first-order valence-electron chi connectivity index (χ1n) is 10.5. The summed E-state index contributed by atoms with van der Waals surface area (Å²) in [5.41, 5.74) is 5.35. The van der Waals surface area contributed by atoms with E-state index in [1.165, 1.54) is 4.90 Å². The molecule has 1 fully saturated rings. The molecule has 0 spiro atoms. The predicted octanol–water partition coefficient (Wildman–Crippen LogP) is 2.90. The van der Waals surface area contributed by atoms with Crippen LogP contribution in [0, 0.1) is 5.92 Å². The van der Waals surface area contributed by atoms with Crippen LogP contribution in [0.1, 0.15) is 22.6 Å². The molecule has 5 rings (SSSR count). The van der Waals surface area contributed by atoms with Gasteiger partial charge in [0.15, 0.2) is 5.78 Å². The molecule has 2 unspecified atom stereocenters. The Bertz CT molecular complexity index is 1150. The largest absolute Gasteiger partial charge is 0.296 e. The molecular formula is C26H21N3O3. The number of hydrogen-bond acceptors (Lipinski definition) is 5. The van der Waals surface area contributed by atoms with Gasteiger partial charge in [0.1, 0.15) is 17.7 Å². The lowest BCUT2D eigenvalue weighted by atomic mass is 9.82. The summed E-state index contributed by atoms with van der Waals surface area (Å²) in [6.45, 7) is 0.176. The molecule has 3 aromatic rings. The van der Waals surface area contributed by atoms with Crippen LogP contribution < -0.4 is 5.43 Å². The van der Waals surface area contributed by atoms with E-state index in [1.807, 2.05) is 91.0 Å². The van der Waals surface area contributed by atoms with Crippen LogP contribution in [-0.4, -0.2) is 34.3 Å². The topological polar surface area (TPSA) is 78.8 Å². The van der Waals surface area contributed by atoms with Crippen molar-refractivity contribution in [1.82, 2.24) is 10.3 Å². The number of carbonyl (C=O) groups is 3. The fourth-order valence-corrected chi connectivity index (χ4v) is 4.41. The Balaban J connectivity index is 1.46. The van der Waals surface area contributed by atoms with Gasteiger partial charge in [0.25, 0.3) is 5.91 Å². The number of likely N-dealkylation sites (tertiary alicyclic amines) is 1. The van der Waals surface area contributed by atoms with E-state index in [-0.39, 0.29) is 29.9 Å². The van der Waals surface area contributed by atoms with Gasteiger partial charge in [-0.1, -0.05) is 91.0 Å². The molecular weight excluding hydrogens is 402 g/mol. The van der Waals surface area contributed by atoms with E-state index in [0.29, 0.717) is 0 Å². The third-order valence-corrected chi connectivity index (χ3v) is 5.98. The molecule has 2 aliphatic heterocycles. The molecule has 0 aliphatic carbocycles. The Morgan fingerprint density at radius 1 is 0.812 bits per heavy atom. The zero-order valence-electron chi connectivity index (χ0n) is 17.2. The van der Waals surface area contributed by atoms with Crippen molar-refractivity contribution < 1.29 is 14.4 Å². The van der Waals surface area contributed by atoms with Gasteiger partial charge < -0.3 is 0 Å². The monoisotopic (exact) mass is 423 g/mol. The fourth-order valence-electron chi connectivity index (χ4n) is 4.41. The van der Waals surface area contributed by atoms with Gasteiger partial charge in [-0.25, -0.2) is 0 Å². The van der Waals surface area contributed by atoms with Gasteiger partial charge in [-0.3, -0.25) is 24.7 Å². The van der Waals surface area contributed by atoms with Crippen molar-refractivity contribution in [3.05, 3.63) is 108 Å². The van der Waals surface area contributed by atoms with Crippen molar-refractivity contribution in [2.24, 2.45) is 11.0 Å². The van der Waals surface area contributed by atoms with Crippen LogP contribution in [0.4, 0.5) is 0 Å². The molecule has 2 aliphatic rings. The standard InChI is InChI=1S/C26H21N3O3/c30-24(20(18-12-6-2-7-13-18)19-14-8-3-9-15-19)22-21-23(28-27-22)26(32)29(25(21)31)16-17-10-4-1-5-11-17/h1-15,20-21,23,28H,16H2. The average Bonchev–Trinajstić information content (AvgIpc) is 3.37. The lowest BCUT2D eigenvalue weighted by molar-refractivity contribution is -0.140. The second-order valence-corrected chi connectivity index (χ2v) is 7.95. The van der Waals surface area contributed by atoms with E-state index in [4.69, 9.17) is 0 Å². The van der Waals surface area contributed by atoms with Crippen molar-refractivity contribution in [2.75, 3.05) is 0 Å². The van der Waals surface area contributed by atoms with E-state index in [2.05, 4.69) is 10.5 Å². The summed E-state index contributed by atoms with van der Waals surface area (Å²) in [6, 6.07) is 27.3. The predicted molar refractivity (Wildman–Crippen MR) is 120 cm³/mol. The Kier molecular flexibility index (Phi) is 5.11. The number of amides is 2. The number of imide groups is 1. The highest BCUT2D eigenvalue weighted by Crippen LogP contribution is 2.33. The van der Waals surface area contributed by atoms with E-state index in [1.54, 1.807) is 0 Å². The molecule has 0 saturated carbocycles. The summed E-state index contributed by atoms with van der Waals surface area (Å²) in [7, 11) is 0. The molecule has 6 nitrogen and oxygen atoms in total. The first-order valence-corrected chi connectivity index (χ1v) is 10.5. The third kappa shape index (κ3) is 3.39. The van der Waals surface area contributed by atoms with Crippen LogP contribution >= 0.6 is 0 Å². The maximum absolute atomic E-state index is 13.8. The molecule has 1 saturated heterocycles. The van der Waals surface area contributed by atoms with E-state index >= 15 is 0 Å². The molecule has 1 N–H and O–H groups in total. The molecule has 158 valence electrons. The van der Waals surface area contributed by atoms with Crippen molar-refractivity contribution in [1.29, 1.82) is 0 Å². The lowest BCUT2D eigenvalue weighted by Crippen LogP contribution is -2.36. The van der Waals surface area contributed by atoms with E-state index in [9.17, 15) is 14.4 Å². The second kappa shape index (κ2) is 8.23. The number of benzene rings is 3. The minimum atomic E-state index is -0.909. The molecule has 32 heavy (non-hydrogen) atoms. The summed E-state index contributed by atoms with van der Waals surface area (Å²) in [5.74, 6) is -2.53. The van der Waals surface area contributed by atoms with Crippen LogP contribution in [0.25, 0.3) is 0 Å². The van der Waals surface area contributed by atoms with Crippen LogP contribution in [-0.2, 0) is 20.9 Å². The first-order chi connectivity index (χ1) is 15.6. The van der Waals surface area contributed by atoms with Crippen LogP contribution in [0.15, 0.2) is 96.1 Å². The third-order valence-electron chi connectivity index (χ3n) is 5.98. The smallest absolute Gasteiger partial charge is 0.254 e. The van der Waals surface area contributed by atoms with Gasteiger partial charge in [-0.2, -0.15) is 5.10 Å². The highest BCUT2D eigenvalue weighted by molar-refractivity contribution is 6.48. The van der Waals surface area contributed by atoms with Gasteiger partial charge in [0.05, 0.1) is 12.5 Å². The summed E-state index contributed by atoms with van der Waals surface area (Å²) >= 11 is 0. The summed E-state index contributed by atoms with van der Waals surface area (Å²) < 4.78 is 0. The van der Waals surface area contributed by atoms with Crippen molar-refractivity contribution in [3.8, 4) is 0 Å². The Morgan fingerprint density at radius 3 is 1.91 bits per heavy atom. The van der Waals surface area contributed by atoms with Crippen LogP contribution in [0.5, 0.6) is 0 Å². The minimum Gasteiger partial charge on any atom is -0.296 e. The van der Waals surface area contributed by atoms with Gasteiger partial charge in [0, 0.05) is 0 Å². The minimum absolute atomic E-state index is 0.113. The lowest BCUT2D eigenvalue weighted by Gasteiger charge is -2.19. The number of carbonyl (C=O) groups excluding carboxylic acids is 3. The maximum atomic E-state index is 13.8. The molecule has 3 aromatic carbocycles. The number of hydrogen-bond donors (Lipinski definition) is 1. The Labute approximate surface area is 185 Å². The molecule has 2 amide bonds. The van der Waals surface area contributed by atoms with Crippen LogP contribution in [0.3, 0.4) is 0 Å². The maximum Gasteiger partial charge on any atom is 0.254 e. The molecule has 0 radical (unpaired) electrons. The van der Waals surface area contributed by atoms with Gasteiger partial charge in [-0.15, -0.1) is 0 Å². The molecule has 0 bridgehead atoms. The van der Waals surface area contributed by atoms with Crippen molar-refractivity contribution >= 4 is 23.3 Å². The van der Waals surface area contributed by atoms with Gasteiger partial charge in [-0.05, 0) is 16.7 Å². The normalized spacial score (nSPS) is 19.7. The number of nitrogens with zero attached hydrogens (tertiary/aromatic N) is 2. The number of Topliss-reactive ketones (excluding diaryl/α,β-unsaturated/α-hetero) is 1. The molecule has 2 heterocycles. The zero-order chi connectivity index (χ0) is 22.1. The number of rotatable bonds is 6. The quantitative estimate of drug-likeness (QED) is 0.619. The van der Waals surface area contributed by atoms with Gasteiger partial charge >= 0.3 is 0 Å². The first kappa shape index (κ1) is 19.9. The number of hydrazone groups is 1. The van der Waals surface area contributed by atoms with Gasteiger partial charge in [0.2, 0.25) is 5.91 Å². The highest BCUT2D eigenvalue weighted by Gasteiger charge is 2.55. The van der Waals surface area contributed by atoms with E-state index < -0.39 is 17.9 Å². The van der Waals surface area contributed by atoms with E-state index in [0.717, 1.165) is 16.7 Å². The SMILES string of the molecule is O=C(C1=NNC2C(=O)N(Cc3ccccc3)C(=O)C12)C(c1ccccc1)c1ccccc1. The van der Waals surface area contributed by atoms with Crippen molar-refractivity contribution in [3.63, 3.8) is 0 Å². The number of nitrogens with one attached hydrogen (secondary N) is 1. The summed E-state index contributed by atoms with van der Waals surface area (Å²) in [4.78, 5) is 41.2. The highest BCUT2D eigenvalue weighted by atomic mass is 16.2. The molecule has 0 aromatic heterocycles. The number of ketones is 1. The number of fused-ring (bicyclic) bond motifs is 1. The van der Waals surface area contributed by atoms with Crippen LogP contribution in [0.2, 0.25) is 0 Å². The fraction of sp³-hybridized carbons (Fsp3) is 0.154. The summed E-state index contributed by atoms with van der Waals surface area (Å²) in [6.07, 6.45) is 0. The molecule has 6 heteroatoms. The average molecular weight is 423 g/mol. The Morgan fingerprint density at radius 2 is 1.34 bits per heavy atom. The van der Waals surface area contributed by atoms with Crippen molar-refractivity contribution in [2.45, 2.75) is 18.5 Å².